The maximum absolute atomic E-state index is 13.8. The van der Waals surface area contributed by atoms with E-state index in [4.69, 9.17) is 0 Å². The van der Waals surface area contributed by atoms with Crippen molar-refractivity contribution < 1.29 is 8.78 Å². The van der Waals surface area contributed by atoms with Crippen LogP contribution < -0.4 is 5.32 Å². The summed E-state index contributed by atoms with van der Waals surface area (Å²) in [4.78, 5) is 0. The minimum absolute atomic E-state index is 0.183. The maximum Gasteiger partial charge on any atom is 0.162 e. The van der Waals surface area contributed by atoms with Crippen molar-refractivity contribution in [1.82, 2.24) is 5.32 Å². The van der Waals surface area contributed by atoms with Crippen molar-refractivity contribution in [3.05, 3.63) is 34.9 Å². The number of hydrogen-bond donors (Lipinski definition) is 1. The van der Waals surface area contributed by atoms with Crippen LogP contribution in [0.5, 0.6) is 0 Å². The lowest BCUT2D eigenvalue weighted by Crippen LogP contribution is -2.33. The van der Waals surface area contributed by atoms with Gasteiger partial charge in [-0.2, -0.15) is 0 Å². The fourth-order valence-electron chi connectivity index (χ4n) is 2.43. The SMILES string of the molecule is CNCC1CCC1c1ccc(C)c(F)c1F. The van der Waals surface area contributed by atoms with Crippen LogP contribution in [0.25, 0.3) is 0 Å². The normalized spacial score (nSPS) is 24.2. The van der Waals surface area contributed by atoms with Crippen molar-refractivity contribution in [2.75, 3.05) is 13.6 Å². The van der Waals surface area contributed by atoms with Gasteiger partial charge in [0, 0.05) is 0 Å². The minimum Gasteiger partial charge on any atom is -0.319 e. The Morgan fingerprint density at radius 2 is 2.00 bits per heavy atom. The molecule has 1 aromatic rings. The summed E-state index contributed by atoms with van der Waals surface area (Å²) in [5.74, 6) is -0.706. The average Bonchev–Trinajstić information content (AvgIpc) is 2.25. The van der Waals surface area contributed by atoms with Crippen LogP contribution in [0.2, 0.25) is 0 Å². The number of hydrogen-bond acceptors (Lipinski definition) is 1. The summed E-state index contributed by atoms with van der Waals surface area (Å²) in [6.45, 7) is 2.47. The molecule has 1 saturated carbocycles. The molecule has 2 rings (SSSR count). The van der Waals surface area contributed by atoms with Gasteiger partial charge in [-0.25, -0.2) is 8.78 Å². The van der Waals surface area contributed by atoms with Crippen molar-refractivity contribution >= 4 is 0 Å². The summed E-state index contributed by atoms with van der Waals surface area (Å²) in [5.41, 5.74) is 0.931. The first-order valence-corrected chi connectivity index (χ1v) is 5.74. The van der Waals surface area contributed by atoms with Crippen LogP contribution in [0, 0.1) is 24.5 Å². The molecule has 3 heteroatoms. The fraction of sp³-hybridized carbons (Fsp3) is 0.538. The third-order valence-electron chi connectivity index (χ3n) is 3.59. The van der Waals surface area contributed by atoms with Crippen molar-refractivity contribution in [2.24, 2.45) is 5.92 Å². The van der Waals surface area contributed by atoms with E-state index in [9.17, 15) is 8.78 Å². The zero-order valence-electron chi connectivity index (χ0n) is 9.69. The van der Waals surface area contributed by atoms with Gasteiger partial charge in [-0.05, 0) is 56.3 Å². The standard InChI is InChI=1S/C13H17F2N/c1-8-3-5-11(13(15)12(8)14)10-6-4-9(10)7-16-2/h3,5,9-10,16H,4,6-7H2,1-2H3. The Bertz CT molecular complexity index is 390. The molecule has 0 spiro atoms. The van der Waals surface area contributed by atoms with Gasteiger partial charge < -0.3 is 5.32 Å². The number of rotatable bonds is 3. The van der Waals surface area contributed by atoms with E-state index in [1.54, 1.807) is 19.1 Å². The number of benzene rings is 1. The molecule has 0 aliphatic heterocycles. The predicted molar refractivity (Wildman–Crippen MR) is 60.5 cm³/mol. The molecule has 16 heavy (non-hydrogen) atoms. The Kier molecular flexibility index (Phi) is 3.24. The van der Waals surface area contributed by atoms with E-state index in [1.807, 2.05) is 7.05 Å². The van der Waals surface area contributed by atoms with Crippen LogP contribution >= 0.6 is 0 Å². The first-order chi connectivity index (χ1) is 7.65. The summed E-state index contributed by atoms with van der Waals surface area (Å²) in [6, 6.07) is 3.41. The Balaban J connectivity index is 2.24. The Labute approximate surface area is 94.9 Å². The average molecular weight is 225 g/mol. The highest BCUT2D eigenvalue weighted by atomic mass is 19.2. The van der Waals surface area contributed by atoms with Gasteiger partial charge in [0.1, 0.15) is 0 Å². The van der Waals surface area contributed by atoms with E-state index in [1.165, 1.54) is 0 Å². The van der Waals surface area contributed by atoms with Crippen molar-refractivity contribution in [2.45, 2.75) is 25.7 Å². The van der Waals surface area contributed by atoms with Crippen molar-refractivity contribution in [3.8, 4) is 0 Å². The molecule has 1 N–H and O–H groups in total. The summed E-state index contributed by atoms with van der Waals surface area (Å²) >= 11 is 0. The third kappa shape index (κ3) is 1.84. The molecule has 1 nitrogen and oxygen atoms in total. The maximum atomic E-state index is 13.8. The van der Waals surface area contributed by atoms with Crippen LogP contribution in [0.1, 0.15) is 29.9 Å². The lowest BCUT2D eigenvalue weighted by molar-refractivity contribution is 0.243. The molecule has 1 aliphatic rings. The van der Waals surface area contributed by atoms with E-state index >= 15 is 0 Å². The fourth-order valence-corrected chi connectivity index (χ4v) is 2.43. The Morgan fingerprint density at radius 3 is 2.56 bits per heavy atom. The molecule has 88 valence electrons. The predicted octanol–water partition coefficient (Wildman–Crippen LogP) is 2.99. The van der Waals surface area contributed by atoms with Crippen LogP contribution in [0.3, 0.4) is 0 Å². The molecular formula is C13H17F2N. The van der Waals surface area contributed by atoms with Gasteiger partial charge >= 0.3 is 0 Å². The summed E-state index contributed by atoms with van der Waals surface area (Å²) in [6.07, 6.45) is 2.06. The van der Waals surface area contributed by atoms with Crippen molar-refractivity contribution in [1.29, 1.82) is 0 Å². The van der Waals surface area contributed by atoms with E-state index in [0.29, 0.717) is 17.0 Å². The first-order valence-electron chi connectivity index (χ1n) is 5.74. The van der Waals surface area contributed by atoms with Crippen molar-refractivity contribution in [3.63, 3.8) is 0 Å². The second-order valence-corrected chi connectivity index (χ2v) is 4.60. The van der Waals surface area contributed by atoms with Crippen LogP contribution in [-0.4, -0.2) is 13.6 Å². The van der Waals surface area contributed by atoms with Gasteiger partial charge in [0.05, 0.1) is 0 Å². The molecule has 1 aromatic carbocycles. The Morgan fingerprint density at radius 1 is 1.25 bits per heavy atom. The largest absolute Gasteiger partial charge is 0.319 e. The molecule has 0 aromatic heterocycles. The number of nitrogens with one attached hydrogen (secondary N) is 1. The molecule has 2 atom stereocenters. The topological polar surface area (TPSA) is 12.0 Å². The van der Waals surface area contributed by atoms with Gasteiger partial charge in [-0.1, -0.05) is 12.1 Å². The number of aryl methyl sites for hydroxylation is 1. The van der Waals surface area contributed by atoms with Crippen LogP contribution in [-0.2, 0) is 0 Å². The minimum atomic E-state index is -0.687. The summed E-state index contributed by atoms with van der Waals surface area (Å²) in [7, 11) is 1.89. The molecule has 2 unspecified atom stereocenters. The van der Waals surface area contributed by atoms with Gasteiger partial charge in [-0.3, -0.25) is 0 Å². The summed E-state index contributed by atoms with van der Waals surface area (Å²) in [5, 5.41) is 3.10. The molecule has 0 radical (unpaired) electrons. The highest BCUT2D eigenvalue weighted by molar-refractivity contribution is 5.30. The Hall–Kier alpha value is -0.960. The van der Waals surface area contributed by atoms with Gasteiger partial charge in [-0.15, -0.1) is 0 Å². The van der Waals surface area contributed by atoms with Gasteiger partial charge in [0.15, 0.2) is 11.6 Å². The zero-order valence-corrected chi connectivity index (χ0v) is 9.69. The molecule has 0 amide bonds. The molecule has 0 saturated heterocycles. The highest BCUT2D eigenvalue weighted by Crippen LogP contribution is 2.43. The van der Waals surface area contributed by atoms with Gasteiger partial charge in [0.2, 0.25) is 0 Å². The molecule has 0 heterocycles. The van der Waals surface area contributed by atoms with Crippen LogP contribution in [0.4, 0.5) is 8.78 Å². The quantitative estimate of drug-likeness (QED) is 0.834. The zero-order chi connectivity index (χ0) is 11.7. The van der Waals surface area contributed by atoms with E-state index < -0.39 is 11.6 Å². The van der Waals surface area contributed by atoms with Gasteiger partial charge in [0.25, 0.3) is 0 Å². The molecule has 1 aliphatic carbocycles. The third-order valence-corrected chi connectivity index (χ3v) is 3.59. The monoisotopic (exact) mass is 225 g/mol. The number of halogens is 2. The second kappa shape index (κ2) is 4.50. The first kappa shape index (κ1) is 11.5. The smallest absolute Gasteiger partial charge is 0.162 e. The van der Waals surface area contributed by atoms with Crippen LogP contribution in [0.15, 0.2) is 12.1 Å². The van der Waals surface area contributed by atoms with E-state index in [-0.39, 0.29) is 5.92 Å². The molecular weight excluding hydrogens is 208 g/mol. The molecule has 1 fully saturated rings. The van der Waals surface area contributed by atoms with E-state index in [2.05, 4.69) is 5.32 Å². The summed E-state index contributed by atoms with van der Waals surface area (Å²) < 4.78 is 27.2. The lowest BCUT2D eigenvalue weighted by Gasteiger charge is -2.37. The highest BCUT2D eigenvalue weighted by Gasteiger charge is 2.34. The molecule has 0 bridgehead atoms. The second-order valence-electron chi connectivity index (χ2n) is 4.60. The lowest BCUT2D eigenvalue weighted by atomic mass is 9.69. The van der Waals surface area contributed by atoms with E-state index in [0.717, 1.165) is 19.4 Å².